The summed E-state index contributed by atoms with van der Waals surface area (Å²) in [6, 6.07) is 7.80. The first-order chi connectivity index (χ1) is 16.9. The number of aromatic nitrogens is 4. The Morgan fingerprint density at radius 2 is 1.89 bits per heavy atom. The number of anilines is 3. The highest BCUT2D eigenvalue weighted by Crippen LogP contribution is 2.39. The van der Waals surface area contributed by atoms with Gasteiger partial charge in [-0.25, -0.2) is 15.0 Å². The second kappa shape index (κ2) is 9.65. The lowest BCUT2D eigenvalue weighted by molar-refractivity contribution is -0.274. The van der Waals surface area contributed by atoms with Crippen molar-refractivity contribution in [3.05, 3.63) is 48.9 Å². The van der Waals surface area contributed by atoms with Crippen LogP contribution in [0.4, 0.5) is 30.6 Å². The van der Waals surface area contributed by atoms with Gasteiger partial charge in [0.25, 0.3) is 0 Å². The minimum absolute atomic E-state index is 0.180. The number of rotatable bonds is 5. The molecule has 0 amide bonds. The molecular weight excluding hydrogens is 459 g/mol. The average molecular weight is 486 g/mol. The third-order valence-corrected chi connectivity index (χ3v) is 6.56. The standard InChI is InChI=1S/C24H26F3N7O/c25-24(26,27)35-18-4-10-30-19(13-18)31-20-14-21(33-22(32-20)17-3-1-8-28-15-17)34-11-6-23(7-12-34)5-2-9-29-16-23/h1,3-4,8,10,13-15,29H,2,5-7,9,11-12,16H2,(H,30,31,32,33). The van der Waals surface area contributed by atoms with Crippen LogP contribution in [0.25, 0.3) is 11.4 Å². The fourth-order valence-electron chi connectivity index (χ4n) is 4.76. The summed E-state index contributed by atoms with van der Waals surface area (Å²) < 4.78 is 41.9. The minimum Gasteiger partial charge on any atom is -0.406 e. The van der Waals surface area contributed by atoms with Crippen molar-refractivity contribution in [3.63, 3.8) is 0 Å². The first-order valence-corrected chi connectivity index (χ1v) is 11.6. The molecule has 0 unspecified atom stereocenters. The Morgan fingerprint density at radius 3 is 2.60 bits per heavy atom. The van der Waals surface area contributed by atoms with Gasteiger partial charge in [-0.1, -0.05) is 0 Å². The summed E-state index contributed by atoms with van der Waals surface area (Å²) >= 11 is 0. The van der Waals surface area contributed by atoms with Crippen molar-refractivity contribution < 1.29 is 17.9 Å². The third kappa shape index (κ3) is 5.79. The Morgan fingerprint density at radius 1 is 1.03 bits per heavy atom. The molecule has 1 spiro atoms. The van der Waals surface area contributed by atoms with Gasteiger partial charge in [0.2, 0.25) is 0 Å². The number of ether oxygens (including phenoxy) is 1. The summed E-state index contributed by atoms with van der Waals surface area (Å²) in [4.78, 5) is 19.9. The van der Waals surface area contributed by atoms with Gasteiger partial charge in [-0.3, -0.25) is 4.98 Å². The molecule has 0 aromatic carbocycles. The van der Waals surface area contributed by atoms with Crippen molar-refractivity contribution in [1.29, 1.82) is 0 Å². The van der Waals surface area contributed by atoms with Crippen LogP contribution in [0.15, 0.2) is 48.9 Å². The van der Waals surface area contributed by atoms with Gasteiger partial charge < -0.3 is 20.3 Å². The zero-order valence-corrected chi connectivity index (χ0v) is 19.1. The van der Waals surface area contributed by atoms with E-state index in [9.17, 15) is 13.2 Å². The summed E-state index contributed by atoms with van der Waals surface area (Å²) in [6.07, 6.45) is 4.41. The summed E-state index contributed by atoms with van der Waals surface area (Å²) in [5.74, 6) is 1.46. The molecule has 0 atom stereocenters. The molecule has 11 heteroatoms. The number of alkyl halides is 3. The topological polar surface area (TPSA) is 88.1 Å². The molecule has 8 nitrogen and oxygen atoms in total. The molecule has 5 rings (SSSR count). The van der Waals surface area contributed by atoms with Crippen LogP contribution in [-0.4, -0.2) is 52.5 Å². The Hall–Kier alpha value is -3.47. The van der Waals surface area contributed by atoms with Gasteiger partial charge in [-0.15, -0.1) is 13.2 Å². The number of nitrogens with zero attached hydrogens (tertiary/aromatic N) is 5. The van der Waals surface area contributed by atoms with Gasteiger partial charge in [-0.2, -0.15) is 0 Å². The highest BCUT2D eigenvalue weighted by molar-refractivity contribution is 5.64. The van der Waals surface area contributed by atoms with E-state index in [0.717, 1.165) is 56.5 Å². The Labute approximate surface area is 201 Å². The van der Waals surface area contributed by atoms with Crippen LogP contribution in [0.3, 0.4) is 0 Å². The lowest BCUT2D eigenvalue weighted by atomic mass is 9.73. The second-order valence-corrected chi connectivity index (χ2v) is 8.99. The van der Waals surface area contributed by atoms with Crippen LogP contribution in [-0.2, 0) is 0 Å². The van der Waals surface area contributed by atoms with Crippen LogP contribution in [0.1, 0.15) is 25.7 Å². The average Bonchev–Trinajstić information content (AvgIpc) is 2.85. The fraction of sp³-hybridized carbons (Fsp3) is 0.417. The van der Waals surface area contributed by atoms with Crippen molar-refractivity contribution in [3.8, 4) is 17.1 Å². The quantitative estimate of drug-likeness (QED) is 0.545. The van der Waals surface area contributed by atoms with E-state index in [-0.39, 0.29) is 11.6 Å². The van der Waals surface area contributed by atoms with Crippen molar-refractivity contribution in [2.24, 2.45) is 5.41 Å². The number of hydrogen-bond donors (Lipinski definition) is 2. The molecule has 184 valence electrons. The smallest absolute Gasteiger partial charge is 0.406 e. The molecule has 0 saturated carbocycles. The molecule has 2 aliphatic rings. The predicted octanol–water partition coefficient (Wildman–Crippen LogP) is 4.55. The van der Waals surface area contributed by atoms with Crippen LogP contribution in [0, 0.1) is 5.41 Å². The molecule has 5 heterocycles. The van der Waals surface area contributed by atoms with Crippen molar-refractivity contribution in [2.75, 3.05) is 36.4 Å². The Balaban J connectivity index is 1.41. The van der Waals surface area contributed by atoms with Gasteiger partial charge in [0.05, 0.1) is 0 Å². The SMILES string of the molecule is FC(F)(F)Oc1ccnc(Nc2cc(N3CCC4(CCCNC4)CC3)nc(-c3cccnc3)n2)c1. The number of halogens is 3. The molecular formula is C24H26F3N7O. The fourth-order valence-corrected chi connectivity index (χ4v) is 4.76. The van der Waals surface area contributed by atoms with Crippen LogP contribution in [0.2, 0.25) is 0 Å². The zero-order chi connectivity index (χ0) is 24.3. The van der Waals surface area contributed by atoms with Crippen molar-refractivity contribution in [2.45, 2.75) is 32.0 Å². The number of pyridine rings is 2. The van der Waals surface area contributed by atoms with E-state index in [1.165, 1.54) is 25.1 Å². The maximum absolute atomic E-state index is 12.6. The molecule has 2 saturated heterocycles. The van der Waals surface area contributed by atoms with Gasteiger partial charge in [0.15, 0.2) is 5.82 Å². The molecule has 0 radical (unpaired) electrons. The van der Waals surface area contributed by atoms with Gasteiger partial charge in [0.1, 0.15) is 23.2 Å². The van der Waals surface area contributed by atoms with Gasteiger partial charge in [0, 0.05) is 55.9 Å². The summed E-state index contributed by atoms with van der Waals surface area (Å²) in [5.41, 5.74) is 1.09. The molecule has 2 aliphatic heterocycles. The number of nitrogens with one attached hydrogen (secondary N) is 2. The Kier molecular flexibility index (Phi) is 6.42. The van der Waals surface area contributed by atoms with Crippen LogP contribution >= 0.6 is 0 Å². The minimum atomic E-state index is -4.78. The van der Waals surface area contributed by atoms with Gasteiger partial charge in [-0.05, 0) is 55.8 Å². The summed E-state index contributed by atoms with van der Waals surface area (Å²) in [7, 11) is 0. The number of piperidine rings is 2. The summed E-state index contributed by atoms with van der Waals surface area (Å²) in [6.45, 7) is 3.89. The summed E-state index contributed by atoms with van der Waals surface area (Å²) in [5, 5.41) is 6.55. The maximum atomic E-state index is 12.6. The van der Waals surface area contributed by atoms with Gasteiger partial charge >= 0.3 is 6.36 Å². The van der Waals surface area contributed by atoms with Crippen molar-refractivity contribution >= 4 is 17.5 Å². The lowest BCUT2D eigenvalue weighted by Gasteiger charge is -2.44. The van der Waals surface area contributed by atoms with E-state index < -0.39 is 6.36 Å². The maximum Gasteiger partial charge on any atom is 0.573 e. The monoisotopic (exact) mass is 485 g/mol. The molecule has 3 aromatic rings. The number of hydrogen-bond acceptors (Lipinski definition) is 8. The lowest BCUT2D eigenvalue weighted by Crippen LogP contribution is -2.48. The van der Waals surface area contributed by atoms with E-state index in [1.807, 2.05) is 6.07 Å². The highest BCUT2D eigenvalue weighted by atomic mass is 19.4. The normalized spacial score (nSPS) is 17.9. The highest BCUT2D eigenvalue weighted by Gasteiger charge is 2.36. The van der Waals surface area contributed by atoms with Crippen molar-refractivity contribution in [1.82, 2.24) is 25.3 Å². The van der Waals surface area contributed by atoms with E-state index in [1.54, 1.807) is 24.5 Å². The van der Waals surface area contributed by atoms with E-state index in [4.69, 9.17) is 4.98 Å². The molecule has 2 N–H and O–H groups in total. The zero-order valence-electron chi connectivity index (χ0n) is 19.1. The van der Waals surface area contributed by atoms with E-state index >= 15 is 0 Å². The largest absolute Gasteiger partial charge is 0.573 e. The molecule has 35 heavy (non-hydrogen) atoms. The molecule has 2 fully saturated rings. The third-order valence-electron chi connectivity index (χ3n) is 6.56. The molecule has 0 aliphatic carbocycles. The first kappa shape index (κ1) is 23.3. The Bertz CT molecular complexity index is 1140. The first-order valence-electron chi connectivity index (χ1n) is 11.6. The predicted molar refractivity (Wildman–Crippen MR) is 125 cm³/mol. The van der Waals surface area contributed by atoms with Crippen LogP contribution < -0.4 is 20.3 Å². The molecule has 3 aromatic heterocycles. The van der Waals surface area contributed by atoms with E-state index in [2.05, 4.69) is 35.2 Å². The van der Waals surface area contributed by atoms with E-state index in [0.29, 0.717) is 17.1 Å². The van der Waals surface area contributed by atoms with Crippen LogP contribution in [0.5, 0.6) is 5.75 Å². The molecule has 0 bridgehead atoms. The second-order valence-electron chi connectivity index (χ2n) is 8.99.